The number of carbonyl (C=O) groups is 1. The number of ether oxygens (including phenoxy) is 2. The Labute approximate surface area is 217 Å². The number of anilines is 1. The van der Waals surface area contributed by atoms with Gasteiger partial charge in [0.25, 0.3) is 5.56 Å². The van der Waals surface area contributed by atoms with Gasteiger partial charge >= 0.3 is 0 Å². The number of hydrogen-bond donors (Lipinski definition) is 2. The van der Waals surface area contributed by atoms with Crippen LogP contribution in [0.3, 0.4) is 0 Å². The Kier molecular flexibility index (Phi) is 7.86. The van der Waals surface area contributed by atoms with Crippen LogP contribution in [-0.4, -0.2) is 61.2 Å². The zero-order chi connectivity index (χ0) is 24.9. The lowest BCUT2D eigenvalue weighted by molar-refractivity contribution is -0.908. The quantitative estimate of drug-likeness (QED) is 0.258. The molecule has 3 heterocycles. The summed E-state index contributed by atoms with van der Waals surface area (Å²) in [6, 6.07) is 15.2. The van der Waals surface area contributed by atoms with Crippen LogP contribution in [0.25, 0.3) is 20.3 Å². The second kappa shape index (κ2) is 11.4. The van der Waals surface area contributed by atoms with Crippen LogP contribution in [0, 0.1) is 0 Å². The number of hydrogen-bond acceptors (Lipinski definition) is 7. The van der Waals surface area contributed by atoms with E-state index in [4.69, 9.17) is 14.5 Å². The number of methoxy groups -OCH3 is 1. The van der Waals surface area contributed by atoms with Gasteiger partial charge in [0.1, 0.15) is 23.5 Å². The highest BCUT2D eigenvalue weighted by molar-refractivity contribution is 7.99. The summed E-state index contributed by atoms with van der Waals surface area (Å²) in [6.45, 7) is 5.10. The third-order valence-corrected chi connectivity index (χ3v) is 8.37. The lowest BCUT2D eigenvalue weighted by Gasteiger charge is -2.23. The van der Waals surface area contributed by atoms with Crippen LogP contribution in [0.2, 0.25) is 0 Å². The van der Waals surface area contributed by atoms with E-state index in [0.29, 0.717) is 33.4 Å². The number of aromatic nitrogens is 2. The third kappa shape index (κ3) is 5.57. The van der Waals surface area contributed by atoms with Crippen LogP contribution in [0.15, 0.2) is 58.5 Å². The smallest absolute Gasteiger partial charge is 0.272 e. The minimum Gasteiger partial charge on any atom is -0.497 e. The fourth-order valence-corrected chi connectivity index (χ4v) is 6.30. The van der Waals surface area contributed by atoms with Gasteiger partial charge in [0.2, 0.25) is 5.91 Å². The van der Waals surface area contributed by atoms with Gasteiger partial charge in [-0.2, -0.15) is 0 Å². The fourth-order valence-electron chi connectivity index (χ4n) is 4.39. The van der Waals surface area contributed by atoms with Crippen molar-refractivity contribution < 1.29 is 19.2 Å². The van der Waals surface area contributed by atoms with Gasteiger partial charge in [-0.05, 0) is 18.2 Å². The maximum atomic E-state index is 13.6. The molecule has 8 nitrogen and oxygen atoms in total. The molecule has 1 saturated heterocycles. The molecule has 4 aromatic rings. The molecule has 0 aliphatic carbocycles. The van der Waals surface area contributed by atoms with Gasteiger partial charge in [0.15, 0.2) is 5.16 Å². The summed E-state index contributed by atoms with van der Waals surface area (Å²) in [4.78, 5) is 32.7. The number of fused-ring (bicyclic) bond motifs is 3. The molecule has 1 aliphatic rings. The van der Waals surface area contributed by atoms with Crippen molar-refractivity contribution >= 4 is 55.0 Å². The van der Waals surface area contributed by atoms with Crippen LogP contribution in [-0.2, 0) is 16.1 Å². The fraction of sp³-hybridized carbons (Fsp3) is 0.346. The minimum absolute atomic E-state index is 0.0334. The van der Waals surface area contributed by atoms with Gasteiger partial charge in [0, 0.05) is 34.8 Å². The number of thiophene rings is 1. The van der Waals surface area contributed by atoms with Gasteiger partial charge in [-0.1, -0.05) is 36.0 Å². The first-order valence-corrected chi connectivity index (χ1v) is 13.8. The Hall–Kier alpha value is -2.92. The predicted molar refractivity (Wildman–Crippen MR) is 145 cm³/mol. The number of quaternary nitrogens is 1. The molecular weight excluding hydrogens is 496 g/mol. The van der Waals surface area contributed by atoms with E-state index in [1.807, 2.05) is 42.5 Å². The molecule has 188 valence electrons. The van der Waals surface area contributed by atoms with E-state index in [1.54, 1.807) is 17.7 Å². The van der Waals surface area contributed by atoms with Crippen LogP contribution in [0.4, 0.5) is 5.69 Å². The molecule has 0 radical (unpaired) electrons. The number of morpholine rings is 1. The van der Waals surface area contributed by atoms with Crippen molar-refractivity contribution in [2.24, 2.45) is 0 Å². The van der Waals surface area contributed by atoms with E-state index in [2.05, 4.69) is 5.32 Å². The number of amides is 1. The molecule has 2 aromatic carbocycles. The molecule has 1 amide bonds. The summed E-state index contributed by atoms with van der Waals surface area (Å²) in [5, 5.41) is 4.45. The maximum Gasteiger partial charge on any atom is 0.272 e. The molecule has 2 N–H and O–H groups in total. The zero-order valence-electron chi connectivity index (χ0n) is 20.1. The maximum absolute atomic E-state index is 13.6. The number of nitrogens with one attached hydrogen (secondary N) is 2. The van der Waals surface area contributed by atoms with Crippen molar-refractivity contribution in [3.63, 3.8) is 0 Å². The monoisotopic (exact) mass is 525 g/mol. The van der Waals surface area contributed by atoms with Crippen molar-refractivity contribution in [2.45, 2.75) is 18.1 Å². The first-order valence-electron chi connectivity index (χ1n) is 12.0. The normalized spacial score (nSPS) is 14.4. The van der Waals surface area contributed by atoms with Crippen molar-refractivity contribution in [2.75, 3.05) is 51.0 Å². The summed E-state index contributed by atoms with van der Waals surface area (Å²) in [7, 11) is 1.59. The topological polar surface area (TPSA) is 86.9 Å². The van der Waals surface area contributed by atoms with Gasteiger partial charge in [0.05, 0.1) is 38.1 Å². The van der Waals surface area contributed by atoms with E-state index >= 15 is 0 Å². The summed E-state index contributed by atoms with van der Waals surface area (Å²) in [5.74, 6) is 0.654. The minimum atomic E-state index is -0.165. The second-order valence-electron chi connectivity index (χ2n) is 8.66. The van der Waals surface area contributed by atoms with Gasteiger partial charge < -0.3 is 19.7 Å². The lowest BCUT2D eigenvalue weighted by Crippen LogP contribution is -3.14. The summed E-state index contributed by atoms with van der Waals surface area (Å²) >= 11 is 2.78. The molecule has 2 aromatic heterocycles. The number of benzene rings is 2. The van der Waals surface area contributed by atoms with Crippen LogP contribution in [0.1, 0.15) is 6.42 Å². The number of thioether (sulfide) groups is 1. The Morgan fingerprint density at radius 2 is 2.06 bits per heavy atom. The SMILES string of the molecule is COc1cccc(NC(=O)CSc2nc3c(sc4ccccc43)c(=O)n2CCC[NH+]2CCOCC2)c1. The Balaban J connectivity index is 1.38. The van der Waals surface area contributed by atoms with Gasteiger partial charge in [-0.15, -0.1) is 11.3 Å². The zero-order valence-corrected chi connectivity index (χ0v) is 21.8. The Bertz CT molecular complexity index is 1430. The first kappa shape index (κ1) is 24.8. The van der Waals surface area contributed by atoms with E-state index in [9.17, 15) is 9.59 Å². The largest absolute Gasteiger partial charge is 0.497 e. The first-order chi connectivity index (χ1) is 17.6. The van der Waals surface area contributed by atoms with Crippen LogP contribution < -0.4 is 20.5 Å². The third-order valence-electron chi connectivity index (χ3n) is 6.24. The van der Waals surface area contributed by atoms with Gasteiger partial charge in [-0.3, -0.25) is 14.2 Å². The number of carbonyl (C=O) groups excluding carboxylic acids is 1. The van der Waals surface area contributed by atoms with Crippen LogP contribution in [0.5, 0.6) is 5.75 Å². The molecule has 1 fully saturated rings. The second-order valence-corrected chi connectivity index (χ2v) is 10.7. The molecular formula is C26H29N4O4S2+. The average Bonchev–Trinajstić information content (AvgIpc) is 3.28. The summed E-state index contributed by atoms with van der Waals surface area (Å²) in [5.41, 5.74) is 1.35. The van der Waals surface area contributed by atoms with E-state index < -0.39 is 0 Å². The molecule has 36 heavy (non-hydrogen) atoms. The Morgan fingerprint density at radius 3 is 2.89 bits per heavy atom. The van der Waals surface area contributed by atoms with E-state index in [0.717, 1.165) is 49.4 Å². The number of rotatable bonds is 9. The highest BCUT2D eigenvalue weighted by atomic mass is 32.2. The Morgan fingerprint density at radius 1 is 1.22 bits per heavy atom. The number of nitrogens with zero attached hydrogens (tertiary/aromatic N) is 2. The highest BCUT2D eigenvalue weighted by Crippen LogP contribution is 2.32. The molecule has 0 saturated carbocycles. The lowest BCUT2D eigenvalue weighted by atomic mass is 10.2. The predicted octanol–water partition coefficient (Wildman–Crippen LogP) is 2.66. The highest BCUT2D eigenvalue weighted by Gasteiger charge is 2.19. The molecule has 0 unspecified atom stereocenters. The molecule has 0 spiro atoms. The van der Waals surface area contributed by atoms with Crippen molar-refractivity contribution in [1.82, 2.24) is 9.55 Å². The molecule has 0 atom stereocenters. The van der Waals surface area contributed by atoms with E-state index in [1.165, 1.54) is 28.0 Å². The van der Waals surface area contributed by atoms with Crippen LogP contribution >= 0.6 is 23.1 Å². The summed E-state index contributed by atoms with van der Waals surface area (Å²) < 4.78 is 14.1. The molecule has 5 rings (SSSR count). The molecule has 10 heteroatoms. The average molecular weight is 526 g/mol. The van der Waals surface area contributed by atoms with Crippen molar-refractivity contribution in [3.8, 4) is 5.75 Å². The van der Waals surface area contributed by atoms with Crippen molar-refractivity contribution in [1.29, 1.82) is 0 Å². The summed E-state index contributed by atoms with van der Waals surface area (Å²) in [6.07, 6.45) is 0.858. The van der Waals surface area contributed by atoms with E-state index in [-0.39, 0.29) is 17.2 Å². The standard InChI is InChI=1S/C26H28N4O4S2/c1-33-19-7-4-6-18(16-19)27-22(31)17-35-26-28-23-20-8-2-3-9-21(20)36-24(23)25(32)30(26)11-5-10-29-12-14-34-15-13-29/h2-4,6-9,16H,5,10-15,17H2,1H3,(H,27,31)/p+1. The van der Waals surface area contributed by atoms with Gasteiger partial charge in [-0.25, -0.2) is 4.98 Å². The van der Waals surface area contributed by atoms with Crippen molar-refractivity contribution in [3.05, 3.63) is 58.9 Å². The molecule has 0 bridgehead atoms. The molecule has 1 aliphatic heterocycles.